The van der Waals surface area contributed by atoms with Crippen LogP contribution in [-0.4, -0.2) is 9.97 Å². The maximum atomic E-state index is 4.62. The van der Waals surface area contributed by atoms with Crippen molar-refractivity contribution in [1.29, 1.82) is 0 Å². The molecule has 5 rings (SSSR count). The van der Waals surface area contributed by atoms with Crippen LogP contribution in [0.15, 0.2) is 110 Å². The highest BCUT2D eigenvalue weighted by Gasteiger charge is 2.04. The molecule has 0 aliphatic heterocycles. The van der Waals surface area contributed by atoms with Crippen molar-refractivity contribution in [3.05, 3.63) is 110 Å². The number of rotatable bonds is 3. The van der Waals surface area contributed by atoms with Crippen LogP contribution in [0, 0.1) is 0 Å². The van der Waals surface area contributed by atoms with E-state index in [2.05, 4.69) is 82.8 Å². The van der Waals surface area contributed by atoms with Gasteiger partial charge >= 0.3 is 0 Å². The fourth-order valence-electron chi connectivity index (χ4n) is 3.49. The van der Waals surface area contributed by atoms with Gasteiger partial charge in [0.25, 0.3) is 0 Å². The molecule has 0 fully saturated rings. The van der Waals surface area contributed by atoms with Gasteiger partial charge in [0.15, 0.2) is 0 Å². The molecule has 0 N–H and O–H groups in total. The summed E-state index contributed by atoms with van der Waals surface area (Å²) < 4.78 is 0. The summed E-state index contributed by atoms with van der Waals surface area (Å²) in [5, 5.41) is 2.47. The minimum Gasteiger partial charge on any atom is -0.264 e. The Morgan fingerprint density at radius 2 is 1.14 bits per heavy atom. The van der Waals surface area contributed by atoms with E-state index in [1.54, 1.807) is 6.20 Å². The van der Waals surface area contributed by atoms with E-state index >= 15 is 0 Å². The second-order valence-electron chi connectivity index (χ2n) is 6.82. The molecule has 0 atom stereocenters. The van der Waals surface area contributed by atoms with Crippen LogP contribution >= 0.6 is 0 Å². The number of fused-ring (bicyclic) bond motifs is 1. The third-order valence-corrected chi connectivity index (χ3v) is 5.00. The Balaban J connectivity index is 1.48. The van der Waals surface area contributed by atoms with Crippen molar-refractivity contribution < 1.29 is 0 Å². The van der Waals surface area contributed by atoms with Crippen molar-refractivity contribution in [3.63, 3.8) is 0 Å². The Morgan fingerprint density at radius 3 is 1.79 bits per heavy atom. The summed E-state index contributed by atoms with van der Waals surface area (Å²) in [7, 11) is 0. The minimum atomic E-state index is 0.935. The maximum Gasteiger partial charge on any atom is 0.0717 e. The third kappa shape index (κ3) is 3.17. The van der Waals surface area contributed by atoms with Gasteiger partial charge in [0, 0.05) is 29.7 Å². The van der Waals surface area contributed by atoms with Crippen LogP contribution in [0.2, 0.25) is 0 Å². The summed E-state index contributed by atoms with van der Waals surface area (Å²) in [4.78, 5) is 8.78. The average Bonchev–Trinajstić information content (AvgIpc) is 2.80. The highest BCUT2D eigenvalue weighted by atomic mass is 14.7. The first-order valence-corrected chi connectivity index (χ1v) is 9.33. The van der Waals surface area contributed by atoms with E-state index in [-0.39, 0.29) is 0 Å². The van der Waals surface area contributed by atoms with Crippen molar-refractivity contribution in [2.24, 2.45) is 0 Å². The molecule has 0 amide bonds. The smallest absolute Gasteiger partial charge is 0.0717 e. The fourth-order valence-corrected chi connectivity index (χ4v) is 3.49. The van der Waals surface area contributed by atoms with Gasteiger partial charge in [-0.05, 0) is 57.8 Å². The van der Waals surface area contributed by atoms with E-state index in [0.29, 0.717) is 0 Å². The first-order chi connectivity index (χ1) is 13.9. The molecule has 3 aromatic carbocycles. The van der Waals surface area contributed by atoms with E-state index in [1.807, 2.05) is 30.6 Å². The van der Waals surface area contributed by atoms with Crippen molar-refractivity contribution >= 4 is 10.8 Å². The number of pyridine rings is 2. The summed E-state index contributed by atoms with van der Waals surface area (Å²) >= 11 is 0. The van der Waals surface area contributed by atoms with E-state index in [0.717, 1.165) is 16.8 Å². The summed E-state index contributed by atoms with van der Waals surface area (Å²) in [6, 6.07) is 31.8. The molecule has 5 aromatic rings. The molecule has 28 heavy (non-hydrogen) atoms. The highest BCUT2D eigenvalue weighted by Crippen LogP contribution is 2.29. The van der Waals surface area contributed by atoms with Gasteiger partial charge in [-0.3, -0.25) is 9.97 Å². The second-order valence-corrected chi connectivity index (χ2v) is 6.82. The molecule has 0 aliphatic rings. The lowest BCUT2D eigenvalue weighted by molar-refractivity contribution is 1.28. The quantitative estimate of drug-likeness (QED) is 0.362. The summed E-state index contributed by atoms with van der Waals surface area (Å²) in [5.41, 5.74) is 6.73. The first-order valence-electron chi connectivity index (χ1n) is 9.33. The van der Waals surface area contributed by atoms with Gasteiger partial charge in [-0.15, -0.1) is 0 Å². The Bertz CT molecular complexity index is 1230. The molecule has 0 saturated carbocycles. The van der Waals surface area contributed by atoms with E-state index < -0.39 is 0 Å². The molecular weight excluding hydrogens is 340 g/mol. The lowest BCUT2D eigenvalue weighted by atomic mass is 9.98. The van der Waals surface area contributed by atoms with Crippen LogP contribution in [0.5, 0.6) is 0 Å². The summed E-state index contributed by atoms with van der Waals surface area (Å²) in [6.45, 7) is 0. The van der Waals surface area contributed by atoms with E-state index in [4.69, 9.17) is 0 Å². The first kappa shape index (κ1) is 16.4. The maximum absolute atomic E-state index is 4.62. The number of nitrogens with zero attached hydrogens (tertiary/aromatic N) is 2. The van der Waals surface area contributed by atoms with Gasteiger partial charge in [-0.25, -0.2) is 0 Å². The van der Waals surface area contributed by atoms with Gasteiger partial charge in [-0.1, -0.05) is 60.7 Å². The molecule has 0 aliphatic carbocycles. The SMILES string of the molecule is c1ccc(-c2ccc3cc(-c4ccc(-c5cccnc5)nc4)ccc3c2)cc1. The van der Waals surface area contributed by atoms with Crippen LogP contribution in [0.1, 0.15) is 0 Å². The van der Waals surface area contributed by atoms with Gasteiger partial charge in [0.1, 0.15) is 0 Å². The molecule has 2 aromatic heterocycles. The third-order valence-electron chi connectivity index (χ3n) is 5.00. The molecule has 0 saturated heterocycles. The van der Waals surface area contributed by atoms with Gasteiger partial charge in [0.05, 0.1) is 5.69 Å². The van der Waals surface area contributed by atoms with E-state index in [9.17, 15) is 0 Å². The molecule has 0 spiro atoms. The Labute approximate surface area is 164 Å². The van der Waals surface area contributed by atoms with Crippen LogP contribution in [0.3, 0.4) is 0 Å². The van der Waals surface area contributed by atoms with Crippen molar-refractivity contribution in [2.75, 3.05) is 0 Å². The molecule has 0 radical (unpaired) electrons. The van der Waals surface area contributed by atoms with Crippen LogP contribution < -0.4 is 0 Å². The molecule has 132 valence electrons. The Morgan fingerprint density at radius 1 is 0.464 bits per heavy atom. The van der Waals surface area contributed by atoms with Crippen molar-refractivity contribution in [3.8, 4) is 33.5 Å². The molecule has 2 heterocycles. The van der Waals surface area contributed by atoms with Crippen molar-refractivity contribution in [2.45, 2.75) is 0 Å². The largest absolute Gasteiger partial charge is 0.264 e. The number of benzene rings is 3. The van der Waals surface area contributed by atoms with Gasteiger partial charge in [-0.2, -0.15) is 0 Å². The average molecular weight is 358 g/mol. The number of hydrogen-bond donors (Lipinski definition) is 0. The standard InChI is InChI=1S/C26H18N2/c1-2-5-19(6-3-1)20-8-9-22-16-23(11-10-21(22)15-20)24-12-13-26(28-18-24)25-7-4-14-27-17-25/h1-18H. The van der Waals surface area contributed by atoms with Gasteiger partial charge in [0.2, 0.25) is 0 Å². The highest BCUT2D eigenvalue weighted by molar-refractivity contribution is 5.90. The number of hydrogen-bond acceptors (Lipinski definition) is 2. The van der Waals surface area contributed by atoms with Crippen LogP contribution in [-0.2, 0) is 0 Å². The second kappa shape index (κ2) is 7.09. The lowest BCUT2D eigenvalue weighted by Crippen LogP contribution is -1.86. The monoisotopic (exact) mass is 358 g/mol. The zero-order valence-corrected chi connectivity index (χ0v) is 15.3. The topological polar surface area (TPSA) is 25.8 Å². The summed E-state index contributed by atoms with van der Waals surface area (Å²) in [6.07, 6.45) is 5.54. The summed E-state index contributed by atoms with van der Waals surface area (Å²) in [5.74, 6) is 0. The van der Waals surface area contributed by atoms with E-state index in [1.165, 1.54) is 27.5 Å². The van der Waals surface area contributed by atoms with Crippen LogP contribution in [0.25, 0.3) is 44.3 Å². The predicted octanol–water partition coefficient (Wildman–Crippen LogP) is 6.63. The van der Waals surface area contributed by atoms with Crippen LogP contribution in [0.4, 0.5) is 0 Å². The molecule has 2 nitrogen and oxygen atoms in total. The Kier molecular flexibility index (Phi) is 4.15. The van der Waals surface area contributed by atoms with Crippen molar-refractivity contribution in [1.82, 2.24) is 9.97 Å². The molecule has 0 bridgehead atoms. The zero-order chi connectivity index (χ0) is 18.8. The molecule has 2 heteroatoms. The predicted molar refractivity (Wildman–Crippen MR) is 116 cm³/mol. The molecular formula is C26H18N2. The van der Waals surface area contributed by atoms with Gasteiger partial charge < -0.3 is 0 Å². The minimum absolute atomic E-state index is 0.935. The normalized spacial score (nSPS) is 10.9. The molecule has 0 unspecified atom stereocenters. The Hall–Kier alpha value is -3.78. The number of aromatic nitrogens is 2. The lowest BCUT2D eigenvalue weighted by Gasteiger charge is -2.08. The fraction of sp³-hybridized carbons (Fsp3) is 0. The zero-order valence-electron chi connectivity index (χ0n) is 15.3.